The van der Waals surface area contributed by atoms with Gasteiger partial charge in [0.15, 0.2) is 0 Å². The Morgan fingerprint density at radius 3 is 3.04 bits per heavy atom. The molecule has 1 fully saturated rings. The molecule has 0 N–H and O–H groups in total. The number of likely N-dealkylation sites (tertiary alicyclic amines) is 1. The summed E-state index contributed by atoms with van der Waals surface area (Å²) < 4.78 is 5.52. The van der Waals surface area contributed by atoms with Crippen LogP contribution in [0.25, 0.3) is 11.5 Å². The van der Waals surface area contributed by atoms with E-state index in [-0.39, 0.29) is 34.5 Å². The van der Waals surface area contributed by atoms with Gasteiger partial charge in [-0.25, -0.2) is 0 Å². The van der Waals surface area contributed by atoms with Crippen LogP contribution in [0.2, 0.25) is 0 Å². The molecule has 1 amide bonds. The number of nitro groups is 1. The summed E-state index contributed by atoms with van der Waals surface area (Å²) in [5.74, 6) is 0.498. The first-order chi connectivity index (χ1) is 12.0. The Morgan fingerprint density at radius 2 is 2.28 bits per heavy atom. The maximum absolute atomic E-state index is 12.3. The zero-order valence-corrected chi connectivity index (χ0v) is 14.6. The lowest BCUT2D eigenvalue weighted by Crippen LogP contribution is -2.42. The van der Waals surface area contributed by atoms with Crippen LogP contribution in [0.1, 0.15) is 26.2 Å². The van der Waals surface area contributed by atoms with E-state index in [1.165, 1.54) is 23.9 Å². The van der Waals surface area contributed by atoms with Crippen molar-refractivity contribution in [2.75, 3.05) is 12.3 Å². The van der Waals surface area contributed by atoms with E-state index in [1.807, 2.05) is 4.90 Å². The lowest BCUT2D eigenvalue weighted by atomic mass is 10.0. The molecule has 1 unspecified atom stereocenters. The van der Waals surface area contributed by atoms with Gasteiger partial charge in [0.05, 0.1) is 10.7 Å². The SMILES string of the molecule is CC1CCCCN1C(=O)CSc1nnc(-c2cccc([N+](=O)[O-])c2)o1. The summed E-state index contributed by atoms with van der Waals surface area (Å²) in [6.45, 7) is 2.86. The Kier molecular flexibility index (Phi) is 5.32. The van der Waals surface area contributed by atoms with Gasteiger partial charge in [-0.15, -0.1) is 10.2 Å². The van der Waals surface area contributed by atoms with Crippen LogP contribution in [-0.4, -0.2) is 44.3 Å². The van der Waals surface area contributed by atoms with Crippen LogP contribution < -0.4 is 0 Å². The molecule has 1 aromatic carbocycles. The van der Waals surface area contributed by atoms with E-state index in [4.69, 9.17) is 4.42 Å². The van der Waals surface area contributed by atoms with Gasteiger partial charge in [-0.05, 0) is 32.3 Å². The highest BCUT2D eigenvalue weighted by Gasteiger charge is 2.23. The number of carbonyl (C=O) groups is 1. The number of piperidine rings is 1. The minimum atomic E-state index is -0.478. The van der Waals surface area contributed by atoms with Gasteiger partial charge in [-0.3, -0.25) is 14.9 Å². The third-order valence-corrected chi connectivity index (χ3v) is 4.96. The number of benzene rings is 1. The molecule has 1 aromatic heterocycles. The van der Waals surface area contributed by atoms with Gasteiger partial charge in [0.1, 0.15) is 0 Å². The normalized spacial score (nSPS) is 17.5. The molecule has 1 atom stereocenters. The van der Waals surface area contributed by atoms with Crippen molar-refractivity contribution in [3.8, 4) is 11.5 Å². The number of nitrogens with zero attached hydrogens (tertiary/aromatic N) is 4. The summed E-state index contributed by atoms with van der Waals surface area (Å²) in [6, 6.07) is 6.27. The highest BCUT2D eigenvalue weighted by atomic mass is 32.2. The topological polar surface area (TPSA) is 102 Å². The second-order valence-corrected chi connectivity index (χ2v) is 6.83. The molecule has 9 heteroatoms. The quantitative estimate of drug-likeness (QED) is 0.457. The molecule has 25 heavy (non-hydrogen) atoms. The van der Waals surface area contributed by atoms with Crippen LogP contribution in [0.15, 0.2) is 33.9 Å². The number of nitro benzene ring substituents is 1. The summed E-state index contributed by atoms with van der Waals surface area (Å²) in [5, 5.41) is 18.9. The maximum atomic E-state index is 12.3. The zero-order valence-electron chi connectivity index (χ0n) is 13.8. The summed E-state index contributed by atoms with van der Waals surface area (Å²) in [5.41, 5.74) is 0.434. The number of thioether (sulfide) groups is 1. The Hall–Kier alpha value is -2.42. The standard InChI is InChI=1S/C16H18N4O4S/c1-11-5-2-3-8-19(11)14(21)10-25-16-18-17-15(24-16)12-6-4-7-13(9-12)20(22)23/h4,6-7,9,11H,2-3,5,8,10H2,1H3. The lowest BCUT2D eigenvalue weighted by Gasteiger charge is -2.33. The van der Waals surface area contributed by atoms with E-state index in [1.54, 1.807) is 12.1 Å². The molecule has 0 spiro atoms. The highest BCUT2D eigenvalue weighted by Crippen LogP contribution is 2.26. The number of aromatic nitrogens is 2. The van der Waals surface area contributed by atoms with Gasteiger partial charge < -0.3 is 9.32 Å². The third-order valence-electron chi connectivity index (χ3n) is 4.15. The number of rotatable bonds is 5. The molecule has 132 valence electrons. The maximum Gasteiger partial charge on any atom is 0.277 e. The zero-order chi connectivity index (χ0) is 17.8. The van der Waals surface area contributed by atoms with E-state index in [0.717, 1.165) is 25.8 Å². The van der Waals surface area contributed by atoms with Crippen molar-refractivity contribution < 1.29 is 14.1 Å². The molecule has 0 saturated carbocycles. The monoisotopic (exact) mass is 362 g/mol. The van der Waals surface area contributed by atoms with Gasteiger partial charge in [0, 0.05) is 30.3 Å². The van der Waals surface area contributed by atoms with Crippen LogP contribution in [0.3, 0.4) is 0 Å². The Labute approximate surface area is 148 Å². The molecule has 1 aliphatic heterocycles. The van der Waals surface area contributed by atoms with Gasteiger partial charge in [-0.1, -0.05) is 17.8 Å². The molecule has 3 rings (SSSR count). The molecule has 2 heterocycles. The molecule has 0 bridgehead atoms. The summed E-state index contributed by atoms with van der Waals surface area (Å²) in [7, 11) is 0. The largest absolute Gasteiger partial charge is 0.411 e. The number of carbonyl (C=O) groups excluding carboxylic acids is 1. The van der Waals surface area contributed by atoms with Crippen molar-refractivity contribution in [3.05, 3.63) is 34.4 Å². The van der Waals surface area contributed by atoms with E-state index in [0.29, 0.717) is 5.56 Å². The number of non-ortho nitro benzene ring substituents is 1. The van der Waals surface area contributed by atoms with Crippen LogP contribution in [-0.2, 0) is 4.79 Å². The van der Waals surface area contributed by atoms with Crippen molar-refractivity contribution >= 4 is 23.4 Å². The van der Waals surface area contributed by atoms with Crippen LogP contribution in [0.4, 0.5) is 5.69 Å². The van der Waals surface area contributed by atoms with Gasteiger partial charge in [0.25, 0.3) is 10.9 Å². The van der Waals surface area contributed by atoms with Gasteiger partial charge in [-0.2, -0.15) is 0 Å². The van der Waals surface area contributed by atoms with Crippen molar-refractivity contribution in [3.63, 3.8) is 0 Å². The average molecular weight is 362 g/mol. The smallest absolute Gasteiger partial charge is 0.277 e. The van der Waals surface area contributed by atoms with Crippen molar-refractivity contribution in [2.45, 2.75) is 37.5 Å². The van der Waals surface area contributed by atoms with Gasteiger partial charge in [0.2, 0.25) is 11.8 Å². The van der Waals surface area contributed by atoms with E-state index < -0.39 is 4.92 Å². The van der Waals surface area contributed by atoms with E-state index in [9.17, 15) is 14.9 Å². The molecular weight excluding hydrogens is 344 g/mol. The fourth-order valence-electron chi connectivity index (χ4n) is 2.81. The third kappa shape index (κ3) is 4.16. The Balaban J connectivity index is 1.63. The predicted octanol–water partition coefficient (Wildman–Crippen LogP) is 3.14. The molecule has 0 radical (unpaired) electrons. The second-order valence-electron chi connectivity index (χ2n) is 5.90. The molecule has 1 saturated heterocycles. The Bertz CT molecular complexity index is 779. The summed E-state index contributed by atoms with van der Waals surface area (Å²) in [6.07, 6.45) is 3.24. The van der Waals surface area contributed by atoms with Crippen molar-refractivity contribution in [1.82, 2.24) is 15.1 Å². The van der Waals surface area contributed by atoms with Crippen LogP contribution >= 0.6 is 11.8 Å². The molecule has 1 aliphatic rings. The number of hydrogen-bond acceptors (Lipinski definition) is 7. The molecular formula is C16H18N4O4S. The molecule has 2 aromatic rings. The first-order valence-electron chi connectivity index (χ1n) is 8.05. The second kappa shape index (κ2) is 7.64. The first-order valence-corrected chi connectivity index (χ1v) is 9.04. The average Bonchev–Trinajstić information content (AvgIpc) is 3.09. The predicted molar refractivity (Wildman–Crippen MR) is 92.1 cm³/mol. The summed E-state index contributed by atoms with van der Waals surface area (Å²) >= 11 is 1.18. The van der Waals surface area contributed by atoms with Crippen molar-refractivity contribution in [1.29, 1.82) is 0 Å². The first kappa shape index (κ1) is 17.4. The number of hydrogen-bond donors (Lipinski definition) is 0. The highest BCUT2D eigenvalue weighted by molar-refractivity contribution is 7.99. The number of amides is 1. The Morgan fingerprint density at radius 1 is 1.44 bits per heavy atom. The summed E-state index contributed by atoms with van der Waals surface area (Å²) in [4.78, 5) is 24.6. The minimum absolute atomic E-state index is 0.0424. The van der Waals surface area contributed by atoms with Crippen molar-refractivity contribution in [2.24, 2.45) is 0 Å². The van der Waals surface area contributed by atoms with Crippen LogP contribution in [0.5, 0.6) is 0 Å². The van der Waals surface area contributed by atoms with Crippen LogP contribution in [0, 0.1) is 10.1 Å². The van der Waals surface area contributed by atoms with Gasteiger partial charge >= 0.3 is 0 Å². The fraction of sp³-hybridized carbons (Fsp3) is 0.438. The van der Waals surface area contributed by atoms with E-state index >= 15 is 0 Å². The molecule has 8 nitrogen and oxygen atoms in total. The lowest BCUT2D eigenvalue weighted by molar-refractivity contribution is -0.384. The minimum Gasteiger partial charge on any atom is -0.411 e. The fourth-order valence-corrected chi connectivity index (χ4v) is 3.46. The van der Waals surface area contributed by atoms with E-state index in [2.05, 4.69) is 17.1 Å². The molecule has 0 aliphatic carbocycles.